The van der Waals surface area contributed by atoms with Gasteiger partial charge in [-0.1, -0.05) is 6.42 Å². The Bertz CT molecular complexity index is 781. The van der Waals surface area contributed by atoms with Crippen molar-refractivity contribution in [3.05, 3.63) is 34.9 Å². The molecule has 0 radical (unpaired) electrons. The van der Waals surface area contributed by atoms with Crippen molar-refractivity contribution < 1.29 is 45.8 Å². The molecule has 1 amide bonds. The summed E-state index contributed by atoms with van der Waals surface area (Å²) in [6, 6.07) is -0.955. The Morgan fingerprint density at radius 2 is 1.48 bits per heavy atom. The molecule has 160 valence electrons. The van der Waals surface area contributed by atoms with Crippen LogP contribution in [0.4, 0.5) is 26.3 Å². The first-order valence-electron chi connectivity index (χ1n) is 8.85. The topological polar surface area (TPSA) is 66.8 Å². The highest BCUT2D eigenvalue weighted by atomic mass is 19.4. The van der Waals surface area contributed by atoms with Crippen molar-refractivity contribution in [3.63, 3.8) is 0 Å². The van der Waals surface area contributed by atoms with Gasteiger partial charge in [-0.25, -0.2) is 4.79 Å². The molecule has 1 aliphatic carbocycles. The van der Waals surface area contributed by atoms with E-state index in [9.17, 15) is 41.0 Å². The molecule has 0 aromatic heterocycles. The zero-order valence-corrected chi connectivity index (χ0v) is 14.9. The molecule has 1 saturated heterocycles. The number of halogens is 6. The maximum atomic E-state index is 13.1. The number of rotatable bonds is 2. The number of carbonyl (C=O) groups is 2. The second-order valence-electron chi connectivity index (χ2n) is 7.14. The number of carbonyl (C=O) groups excluding carboxylic acids is 1. The van der Waals surface area contributed by atoms with Crippen molar-refractivity contribution in [2.45, 2.75) is 56.2 Å². The van der Waals surface area contributed by atoms with Crippen molar-refractivity contribution in [2.24, 2.45) is 0 Å². The minimum Gasteiger partial charge on any atom is -0.480 e. The first-order valence-corrected chi connectivity index (χ1v) is 8.85. The molecule has 1 spiro atoms. The molecule has 1 N–H and O–H groups in total. The summed E-state index contributed by atoms with van der Waals surface area (Å²) in [4.78, 5) is 25.4. The van der Waals surface area contributed by atoms with Gasteiger partial charge in [0.2, 0.25) is 0 Å². The highest BCUT2D eigenvalue weighted by molar-refractivity contribution is 5.98. The zero-order chi connectivity index (χ0) is 21.6. The SMILES string of the molecule is O=C(O)C1COC2(CCCCC2)N1C(=O)c1cc(C(F)(F)F)cc(C(F)(F)F)c1. The van der Waals surface area contributed by atoms with E-state index in [1.54, 1.807) is 0 Å². The number of nitrogens with zero attached hydrogens (tertiary/aromatic N) is 1. The summed E-state index contributed by atoms with van der Waals surface area (Å²) in [6.07, 6.45) is -7.74. The number of benzene rings is 1. The average molecular weight is 425 g/mol. The van der Waals surface area contributed by atoms with Gasteiger partial charge in [-0.05, 0) is 43.9 Å². The summed E-state index contributed by atoms with van der Waals surface area (Å²) in [5.41, 5.74) is -5.50. The van der Waals surface area contributed by atoms with Crippen molar-refractivity contribution in [1.82, 2.24) is 4.90 Å². The van der Waals surface area contributed by atoms with Crippen LogP contribution < -0.4 is 0 Å². The third-order valence-electron chi connectivity index (χ3n) is 5.23. The van der Waals surface area contributed by atoms with Crippen molar-refractivity contribution in [1.29, 1.82) is 0 Å². The van der Waals surface area contributed by atoms with Crippen molar-refractivity contribution in [2.75, 3.05) is 6.61 Å². The van der Waals surface area contributed by atoms with Crippen LogP contribution in [0.25, 0.3) is 0 Å². The van der Waals surface area contributed by atoms with Crippen LogP contribution in [0.1, 0.15) is 53.6 Å². The molecule has 29 heavy (non-hydrogen) atoms. The summed E-state index contributed by atoms with van der Waals surface area (Å²) in [5, 5.41) is 9.43. The quantitative estimate of drug-likeness (QED) is 0.718. The molecule has 1 heterocycles. The zero-order valence-electron chi connectivity index (χ0n) is 14.9. The largest absolute Gasteiger partial charge is 0.480 e. The van der Waals surface area contributed by atoms with E-state index in [-0.39, 0.29) is 25.5 Å². The third-order valence-corrected chi connectivity index (χ3v) is 5.23. The number of carboxylic acid groups (broad SMARTS) is 1. The molecule has 1 unspecified atom stereocenters. The Morgan fingerprint density at radius 3 is 1.93 bits per heavy atom. The molecule has 1 aliphatic heterocycles. The number of carboxylic acids is 1. The van der Waals surface area contributed by atoms with Gasteiger partial charge in [-0.15, -0.1) is 0 Å². The van der Waals surface area contributed by atoms with Crippen molar-refractivity contribution >= 4 is 11.9 Å². The molecule has 3 rings (SSSR count). The van der Waals surface area contributed by atoms with Crippen LogP contribution >= 0.6 is 0 Å². The molecule has 0 bridgehead atoms. The third kappa shape index (κ3) is 4.05. The minimum absolute atomic E-state index is 0.0810. The number of ether oxygens (including phenoxy) is 1. The number of amides is 1. The average Bonchev–Trinajstić information content (AvgIpc) is 2.98. The molecular weight excluding hydrogens is 408 g/mol. The fourth-order valence-electron chi connectivity index (χ4n) is 3.88. The Morgan fingerprint density at radius 1 is 0.966 bits per heavy atom. The lowest BCUT2D eigenvalue weighted by molar-refractivity contribution is -0.144. The summed E-state index contributed by atoms with van der Waals surface area (Å²) >= 11 is 0. The Kier molecular flexibility index (Phi) is 5.31. The Hall–Kier alpha value is -2.30. The van der Waals surface area contributed by atoms with Crippen LogP contribution in [0.3, 0.4) is 0 Å². The lowest BCUT2D eigenvalue weighted by atomic mass is 9.89. The summed E-state index contributed by atoms with van der Waals surface area (Å²) in [6.45, 7) is -0.383. The molecule has 1 aromatic carbocycles. The van der Waals surface area contributed by atoms with Crippen LogP contribution in [0, 0.1) is 0 Å². The fraction of sp³-hybridized carbons (Fsp3) is 0.556. The van der Waals surface area contributed by atoms with Crippen LogP contribution in [0.5, 0.6) is 0 Å². The van der Waals surface area contributed by atoms with Gasteiger partial charge in [-0.2, -0.15) is 26.3 Å². The van der Waals surface area contributed by atoms with Gasteiger partial charge in [-0.3, -0.25) is 9.69 Å². The highest BCUT2D eigenvalue weighted by Gasteiger charge is 2.53. The molecular formula is C18H17F6NO4. The molecule has 2 fully saturated rings. The molecule has 2 aliphatic rings. The van der Waals surface area contributed by atoms with Gasteiger partial charge < -0.3 is 9.84 Å². The minimum atomic E-state index is -5.12. The number of alkyl halides is 6. The predicted molar refractivity (Wildman–Crippen MR) is 85.8 cm³/mol. The fourth-order valence-corrected chi connectivity index (χ4v) is 3.88. The summed E-state index contributed by atoms with van der Waals surface area (Å²) < 4.78 is 84.3. The number of aliphatic carboxylic acids is 1. The van der Waals surface area contributed by atoms with E-state index in [1.165, 1.54) is 0 Å². The van der Waals surface area contributed by atoms with Gasteiger partial charge >= 0.3 is 18.3 Å². The van der Waals surface area contributed by atoms with E-state index in [0.717, 1.165) is 11.3 Å². The van der Waals surface area contributed by atoms with Gasteiger partial charge in [0.05, 0.1) is 17.7 Å². The highest BCUT2D eigenvalue weighted by Crippen LogP contribution is 2.42. The number of hydrogen-bond donors (Lipinski definition) is 1. The Labute approximate surface area is 161 Å². The summed E-state index contributed by atoms with van der Waals surface area (Å²) in [5.74, 6) is -2.67. The standard InChI is InChI=1S/C18H17F6NO4/c19-17(20,21)11-6-10(7-12(8-11)18(22,23)24)14(26)25-13(15(27)28)9-29-16(25)4-2-1-3-5-16/h6-8,13H,1-5,9H2,(H,27,28). The maximum absolute atomic E-state index is 13.1. The van der Waals surface area contributed by atoms with Gasteiger partial charge in [0.1, 0.15) is 5.72 Å². The molecule has 1 aromatic rings. The number of hydrogen-bond acceptors (Lipinski definition) is 3. The van der Waals surface area contributed by atoms with Gasteiger partial charge in [0.15, 0.2) is 6.04 Å². The second kappa shape index (κ2) is 7.19. The Balaban J connectivity index is 2.10. The van der Waals surface area contributed by atoms with Gasteiger partial charge in [0, 0.05) is 5.56 Å². The van der Waals surface area contributed by atoms with Crippen LogP contribution in [-0.2, 0) is 21.9 Å². The monoisotopic (exact) mass is 425 g/mol. The van der Waals surface area contributed by atoms with Crippen LogP contribution in [0.2, 0.25) is 0 Å². The first-order chi connectivity index (χ1) is 13.3. The van der Waals surface area contributed by atoms with E-state index in [4.69, 9.17) is 4.74 Å². The van der Waals surface area contributed by atoms with E-state index in [1.807, 2.05) is 0 Å². The van der Waals surface area contributed by atoms with Gasteiger partial charge in [0.25, 0.3) is 5.91 Å². The predicted octanol–water partition coefficient (Wildman–Crippen LogP) is 4.31. The lowest BCUT2D eigenvalue weighted by Gasteiger charge is -2.41. The van der Waals surface area contributed by atoms with Crippen molar-refractivity contribution in [3.8, 4) is 0 Å². The normalized spacial score (nSPS) is 22.1. The molecule has 1 atom stereocenters. The van der Waals surface area contributed by atoms with E-state index in [0.29, 0.717) is 25.0 Å². The first kappa shape index (κ1) is 21.4. The molecule has 11 heteroatoms. The molecule has 5 nitrogen and oxygen atoms in total. The maximum Gasteiger partial charge on any atom is 0.416 e. The van der Waals surface area contributed by atoms with E-state index < -0.39 is 52.7 Å². The lowest BCUT2D eigenvalue weighted by Crippen LogP contribution is -2.54. The van der Waals surface area contributed by atoms with Crippen LogP contribution in [0.15, 0.2) is 18.2 Å². The smallest absolute Gasteiger partial charge is 0.416 e. The summed E-state index contributed by atoms with van der Waals surface area (Å²) in [7, 11) is 0. The van der Waals surface area contributed by atoms with E-state index in [2.05, 4.69) is 0 Å². The second-order valence-corrected chi connectivity index (χ2v) is 7.14. The van der Waals surface area contributed by atoms with Crippen LogP contribution in [-0.4, -0.2) is 40.3 Å². The molecule has 1 saturated carbocycles. The van der Waals surface area contributed by atoms with E-state index >= 15 is 0 Å².